The van der Waals surface area contributed by atoms with Crippen molar-refractivity contribution in [1.29, 1.82) is 0 Å². The van der Waals surface area contributed by atoms with E-state index in [0.29, 0.717) is 11.3 Å². The van der Waals surface area contributed by atoms with Crippen molar-refractivity contribution in [3.63, 3.8) is 0 Å². The maximum atomic E-state index is 12.6. The normalized spacial score (nSPS) is 11.0. The van der Waals surface area contributed by atoms with E-state index in [9.17, 15) is 8.78 Å². The lowest BCUT2D eigenvalue weighted by Crippen LogP contribution is -2.09. The first-order valence-corrected chi connectivity index (χ1v) is 4.18. The van der Waals surface area contributed by atoms with Crippen molar-refractivity contribution < 1.29 is 13.9 Å². The van der Waals surface area contributed by atoms with Crippen LogP contribution in [-0.2, 0) is 13.2 Å². The van der Waals surface area contributed by atoms with Gasteiger partial charge in [0, 0.05) is 12.1 Å². The van der Waals surface area contributed by atoms with Gasteiger partial charge in [-0.2, -0.15) is 0 Å². The zero-order valence-corrected chi connectivity index (χ0v) is 7.80. The maximum Gasteiger partial charge on any atom is 0.265 e. The number of aliphatic hydroxyl groups is 1. The van der Waals surface area contributed by atoms with Gasteiger partial charge >= 0.3 is 0 Å². The number of hydrogen-bond acceptors (Lipinski definition) is 3. The second-order valence-electron chi connectivity index (χ2n) is 2.95. The Morgan fingerprint density at radius 1 is 1.57 bits per heavy atom. The number of alkyl halides is 2. The van der Waals surface area contributed by atoms with Gasteiger partial charge in [-0.3, -0.25) is 4.98 Å². The van der Waals surface area contributed by atoms with Gasteiger partial charge in [0.25, 0.3) is 6.43 Å². The van der Waals surface area contributed by atoms with Crippen LogP contribution >= 0.6 is 0 Å². The third-order valence-corrected chi connectivity index (χ3v) is 1.97. The van der Waals surface area contributed by atoms with Crippen LogP contribution in [0.25, 0.3) is 0 Å². The summed E-state index contributed by atoms with van der Waals surface area (Å²) >= 11 is 0. The Morgan fingerprint density at radius 2 is 2.21 bits per heavy atom. The predicted octanol–water partition coefficient (Wildman–Crippen LogP) is 1.28. The van der Waals surface area contributed by atoms with Crippen molar-refractivity contribution >= 4 is 0 Å². The first kappa shape index (κ1) is 11.0. The summed E-state index contributed by atoms with van der Waals surface area (Å²) in [4.78, 5) is 3.84. The second-order valence-corrected chi connectivity index (χ2v) is 2.95. The van der Waals surface area contributed by atoms with E-state index in [0.717, 1.165) is 0 Å². The molecule has 1 aromatic heterocycles. The van der Waals surface area contributed by atoms with E-state index in [1.807, 2.05) is 0 Å². The number of pyridine rings is 1. The highest BCUT2D eigenvalue weighted by molar-refractivity contribution is 5.32. The molecule has 0 radical (unpaired) electrons. The number of hydrogen-bond donors (Lipinski definition) is 2. The van der Waals surface area contributed by atoms with Gasteiger partial charge in [0.15, 0.2) is 0 Å². The van der Waals surface area contributed by atoms with Crippen molar-refractivity contribution in [2.45, 2.75) is 26.5 Å². The molecule has 3 nitrogen and oxygen atoms in total. The molecule has 0 atom stereocenters. The van der Waals surface area contributed by atoms with Gasteiger partial charge in [0.2, 0.25) is 0 Å². The molecule has 0 amide bonds. The van der Waals surface area contributed by atoms with Crippen molar-refractivity contribution in [3.05, 3.63) is 28.6 Å². The Balaban J connectivity index is 3.27. The topological polar surface area (TPSA) is 59.1 Å². The van der Waals surface area contributed by atoms with Gasteiger partial charge < -0.3 is 10.8 Å². The second kappa shape index (κ2) is 4.43. The van der Waals surface area contributed by atoms with Crippen LogP contribution in [0, 0.1) is 6.92 Å². The summed E-state index contributed by atoms with van der Waals surface area (Å²) in [6, 6.07) is 1.45. The van der Waals surface area contributed by atoms with Gasteiger partial charge in [0.05, 0.1) is 18.0 Å². The minimum atomic E-state index is -2.58. The lowest BCUT2D eigenvalue weighted by Gasteiger charge is -2.11. The van der Waals surface area contributed by atoms with Crippen LogP contribution in [0.3, 0.4) is 0 Å². The highest BCUT2D eigenvalue weighted by Gasteiger charge is 2.17. The van der Waals surface area contributed by atoms with Crippen molar-refractivity contribution in [2.75, 3.05) is 0 Å². The zero-order chi connectivity index (χ0) is 10.7. The maximum absolute atomic E-state index is 12.6. The monoisotopic (exact) mass is 202 g/mol. The number of aliphatic hydroxyl groups excluding tert-OH is 1. The Hall–Kier alpha value is -1.07. The first-order chi connectivity index (χ1) is 6.60. The quantitative estimate of drug-likeness (QED) is 0.776. The van der Waals surface area contributed by atoms with Gasteiger partial charge in [-0.15, -0.1) is 0 Å². The zero-order valence-electron chi connectivity index (χ0n) is 7.80. The summed E-state index contributed by atoms with van der Waals surface area (Å²) in [7, 11) is 0. The van der Waals surface area contributed by atoms with Gasteiger partial charge in [-0.05, 0) is 18.6 Å². The molecule has 0 bridgehead atoms. The van der Waals surface area contributed by atoms with Gasteiger partial charge in [-0.1, -0.05) is 0 Å². The van der Waals surface area contributed by atoms with Gasteiger partial charge in [0.1, 0.15) is 0 Å². The molecule has 0 spiro atoms. The summed E-state index contributed by atoms with van der Waals surface area (Å²) in [6.45, 7) is 1.24. The average molecular weight is 202 g/mol. The molecule has 5 heteroatoms. The van der Waals surface area contributed by atoms with Crippen LogP contribution in [-0.4, -0.2) is 10.1 Å². The van der Waals surface area contributed by atoms with E-state index in [4.69, 9.17) is 10.8 Å². The highest BCUT2D eigenvalue weighted by Crippen LogP contribution is 2.25. The smallest absolute Gasteiger partial charge is 0.265 e. The minimum absolute atomic E-state index is 0.0473. The van der Waals surface area contributed by atoms with Crippen LogP contribution < -0.4 is 5.73 Å². The van der Waals surface area contributed by atoms with Gasteiger partial charge in [-0.25, -0.2) is 8.78 Å². The van der Waals surface area contributed by atoms with Crippen molar-refractivity contribution in [1.82, 2.24) is 4.98 Å². The number of aromatic nitrogens is 1. The molecule has 0 aliphatic rings. The molecular weight excluding hydrogens is 190 g/mol. The molecular formula is C9H12F2N2O. The van der Waals surface area contributed by atoms with Crippen LogP contribution in [0.1, 0.15) is 28.9 Å². The van der Waals surface area contributed by atoms with Crippen molar-refractivity contribution in [2.24, 2.45) is 5.73 Å². The van der Waals surface area contributed by atoms with Crippen LogP contribution in [0.2, 0.25) is 0 Å². The van der Waals surface area contributed by atoms with Crippen LogP contribution in [0.4, 0.5) is 8.78 Å². The molecule has 0 fully saturated rings. The van der Waals surface area contributed by atoms with E-state index < -0.39 is 6.43 Å². The number of nitrogens with two attached hydrogens (primary N) is 1. The number of rotatable bonds is 3. The van der Waals surface area contributed by atoms with E-state index >= 15 is 0 Å². The number of aryl methyl sites for hydroxylation is 1. The standard InChI is InChI=1S/C9H12F2N2O/c1-5-2-6(4-14)13-7(3-12)8(5)9(10)11/h2,9,14H,3-4,12H2,1H3. The van der Waals surface area contributed by atoms with Crippen molar-refractivity contribution in [3.8, 4) is 0 Å². The summed E-state index contributed by atoms with van der Waals surface area (Å²) in [5.41, 5.74) is 6.12. The molecule has 78 valence electrons. The molecule has 14 heavy (non-hydrogen) atoms. The number of halogens is 2. The molecule has 1 rings (SSSR count). The fourth-order valence-electron chi connectivity index (χ4n) is 1.36. The fraction of sp³-hybridized carbons (Fsp3) is 0.444. The summed E-state index contributed by atoms with van der Waals surface area (Å²) in [6.07, 6.45) is -2.58. The van der Waals surface area contributed by atoms with E-state index in [1.165, 1.54) is 6.07 Å². The molecule has 0 saturated heterocycles. The van der Waals surface area contributed by atoms with Crippen LogP contribution in [0.15, 0.2) is 6.07 Å². The lowest BCUT2D eigenvalue weighted by atomic mass is 10.1. The van der Waals surface area contributed by atoms with Crippen LogP contribution in [0.5, 0.6) is 0 Å². The Morgan fingerprint density at radius 3 is 2.64 bits per heavy atom. The molecule has 0 aromatic carbocycles. The minimum Gasteiger partial charge on any atom is -0.390 e. The fourth-order valence-corrected chi connectivity index (χ4v) is 1.36. The van der Waals surface area contributed by atoms with E-state index in [2.05, 4.69) is 4.98 Å². The summed E-state index contributed by atoms with van der Waals surface area (Å²) < 4.78 is 25.1. The Labute approximate surface area is 80.6 Å². The number of nitrogens with zero attached hydrogens (tertiary/aromatic N) is 1. The first-order valence-electron chi connectivity index (χ1n) is 4.18. The highest BCUT2D eigenvalue weighted by atomic mass is 19.3. The molecule has 1 aromatic rings. The van der Waals surface area contributed by atoms with E-state index in [1.54, 1.807) is 6.92 Å². The molecule has 0 saturated carbocycles. The largest absolute Gasteiger partial charge is 0.390 e. The molecule has 0 unspecified atom stereocenters. The average Bonchev–Trinajstić information content (AvgIpc) is 2.15. The molecule has 1 heterocycles. The predicted molar refractivity (Wildman–Crippen MR) is 47.7 cm³/mol. The molecule has 3 N–H and O–H groups in total. The third-order valence-electron chi connectivity index (χ3n) is 1.97. The summed E-state index contributed by atoms with van der Waals surface area (Å²) in [5.74, 6) is 0. The lowest BCUT2D eigenvalue weighted by molar-refractivity contribution is 0.148. The molecule has 0 aliphatic heterocycles. The Kier molecular flexibility index (Phi) is 3.49. The SMILES string of the molecule is Cc1cc(CO)nc(CN)c1C(F)F. The van der Waals surface area contributed by atoms with E-state index in [-0.39, 0.29) is 24.4 Å². The third kappa shape index (κ3) is 2.05. The molecule has 0 aliphatic carbocycles. The Bertz CT molecular complexity index is 329. The summed E-state index contributed by atoms with van der Waals surface area (Å²) in [5, 5.41) is 8.82.